The molecule has 17 heteroatoms. The van der Waals surface area contributed by atoms with Crippen molar-refractivity contribution in [1.29, 1.82) is 0 Å². The molecule has 3 aliphatic rings. The first-order chi connectivity index (χ1) is 23.8. The van der Waals surface area contributed by atoms with Crippen molar-refractivity contribution in [2.45, 2.75) is 106 Å². The summed E-state index contributed by atoms with van der Waals surface area (Å²) in [6, 6.07) is 0. The van der Waals surface area contributed by atoms with E-state index >= 15 is 0 Å². The summed E-state index contributed by atoms with van der Waals surface area (Å²) < 4.78 is 17.0. The van der Waals surface area contributed by atoms with E-state index in [0.717, 1.165) is 39.0 Å². The van der Waals surface area contributed by atoms with Gasteiger partial charge in [0.15, 0.2) is 17.1 Å². The van der Waals surface area contributed by atoms with Gasteiger partial charge in [-0.25, -0.2) is 0 Å². The summed E-state index contributed by atoms with van der Waals surface area (Å²) in [5.41, 5.74) is 9.68. The van der Waals surface area contributed by atoms with Crippen LogP contribution in [0, 0.1) is 41.5 Å². The van der Waals surface area contributed by atoms with E-state index in [1.807, 2.05) is 54.2 Å². The molecule has 0 radical (unpaired) electrons. The second kappa shape index (κ2) is 24.3. The molecule has 6 heterocycles. The van der Waals surface area contributed by atoms with Crippen LogP contribution in [0.25, 0.3) is 0 Å². The highest BCUT2D eigenvalue weighted by molar-refractivity contribution is 7.09. The molecule has 0 bridgehead atoms. The number of rotatable bonds is 6. The number of likely N-dealkylation sites (tertiary alicyclic amines) is 1. The van der Waals surface area contributed by atoms with Gasteiger partial charge < -0.3 is 75.1 Å². The van der Waals surface area contributed by atoms with Crippen molar-refractivity contribution in [2.75, 3.05) is 52.5 Å². The molecular weight excluding hydrogens is 932 g/mol. The Morgan fingerprint density at radius 2 is 0.925 bits per heavy atom. The van der Waals surface area contributed by atoms with Crippen molar-refractivity contribution in [3.63, 3.8) is 0 Å². The number of halogens is 3. The predicted molar refractivity (Wildman–Crippen MR) is 196 cm³/mol. The number of hydrogen-bond donors (Lipinski definition) is 0. The van der Waals surface area contributed by atoms with E-state index in [1.54, 1.807) is 34.0 Å². The summed E-state index contributed by atoms with van der Waals surface area (Å²) in [6.45, 7) is 24.0. The van der Waals surface area contributed by atoms with Crippen LogP contribution in [0.2, 0.25) is 0 Å². The van der Waals surface area contributed by atoms with E-state index in [1.165, 1.54) is 38.1 Å². The first-order valence-corrected chi connectivity index (χ1v) is 20.4. The zero-order valence-electron chi connectivity index (χ0n) is 32.4. The van der Waals surface area contributed by atoms with Crippen LogP contribution >= 0.6 is 34.0 Å². The maximum Gasteiger partial charge on any atom is 0.288 e. The third-order valence-electron chi connectivity index (χ3n) is 9.65. The van der Waals surface area contributed by atoms with Gasteiger partial charge in [0.2, 0.25) is 36.2 Å². The molecule has 0 N–H and O–H groups in total. The molecule has 300 valence electrons. The van der Waals surface area contributed by atoms with Crippen LogP contribution in [0.1, 0.15) is 64.8 Å². The number of thiazole rings is 3. The van der Waals surface area contributed by atoms with Gasteiger partial charge in [-0.1, -0.05) is 34.0 Å². The molecule has 0 saturated carbocycles. The minimum Gasteiger partial charge on any atom is -1.00 e. The van der Waals surface area contributed by atoms with E-state index in [4.69, 9.17) is 9.47 Å². The quantitative estimate of drug-likeness (QED) is 0.231. The Kier molecular flexibility index (Phi) is 22.8. The van der Waals surface area contributed by atoms with Gasteiger partial charge in [0.1, 0.15) is 0 Å². The lowest BCUT2D eigenvalue weighted by Gasteiger charge is -2.34. The number of hydrogen-bond acceptors (Lipinski definition) is 8. The molecule has 6 rings (SSSR count). The Balaban J connectivity index is 0.000000387. The number of amides is 3. The third-order valence-corrected chi connectivity index (χ3v) is 12.7. The van der Waals surface area contributed by atoms with Crippen molar-refractivity contribution in [2.24, 2.45) is 0 Å². The Bertz CT molecular complexity index is 1510. The van der Waals surface area contributed by atoms with Crippen molar-refractivity contribution in [3.8, 4) is 0 Å². The number of carbonyl (C=O) groups excluding carboxylic acids is 3. The molecule has 2 unspecified atom stereocenters. The van der Waals surface area contributed by atoms with E-state index in [9.17, 15) is 14.4 Å². The Morgan fingerprint density at radius 3 is 1.26 bits per heavy atom. The lowest BCUT2D eigenvalue weighted by Crippen LogP contribution is -3.00. The van der Waals surface area contributed by atoms with Crippen molar-refractivity contribution in [3.05, 3.63) is 48.2 Å². The molecule has 0 spiro atoms. The summed E-state index contributed by atoms with van der Waals surface area (Å²) in [5, 5.41) is 0. The van der Waals surface area contributed by atoms with Crippen molar-refractivity contribution >= 4 is 51.7 Å². The van der Waals surface area contributed by atoms with Crippen LogP contribution in [0.5, 0.6) is 0 Å². The highest BCUT2D eigenvalue weighted by Crippen LogP contribution is 2.13. The normalized spacial score (nSPS) is 18.2. The molecule has 3 aromatic rings. The molecule has 3 saturated heterocycles. The largest absolute Gasteiger partial charge is 1.00 e. The third kappa shape index (κ3) is 14.9. The fourth-order valence-corrected chi connectivity index (χ4v) is 8.49. The lowest BCUT2D eigenvalue weighted by molar-refractivity contribution is -0.686. The van der Waals surface area contributed by atoms with Gasteiger partial charge in [-0.05, 0) is 53.9 Å². The standard InChI is InChI=1S/C13H21N2O2S.C12H19N2OS.C11H17N2O2S.3BrH/c1-9-5-14(6-10(2)17-9)13(16)7-15-8-18-12(4)11(15)3;1-10-11(2)16-9-14(10)8-12(15)13-6-4-3-5-7-13;1-9-10(2)16-8-13(9)7-11(14)12-3-5-15-6-4-12;;;/h8-10H,5-7H2,1-4H3;9H,3-8H2,1-2H3;8H,3-7H2,1-2H3;3*1H/q3*+1;;;/p-3. The van der Waals surface area contributed by atoms with Gasteiger partial charge in [0, 0.05) is 60.0 Å². The van der Waals surface area contributed by atoms with Gasteiger partial charge in [0.05, 0.1) is 40.1 Å². The Morgan fingerprint density at radius 1 is 0.585 bits per heavy atom. The highest BCUT2D eigenvalue weighted by atomic mass is 79.9. The fraction of sp³-hybridized carbons (Fsp3) is 0.667. The Hall–Kier alpha value is -1.34. The van der Waals surface area contributed by atoms with Crippen LogP contribution < -0.4 is 64.6 Å². The van der Waals surface area contributed by atoms with Crippen molar-refractivity contribution in [1.82, 2.24) is 14.7 Å². The number of ether oxygens (including phenoxy) is 2. The summed E-state index contributed by atoms with van der Waals surface area (Å²) in [5.74, 6) is 0.641. The molecule has 11 nitrogen and oxygen atoms in total. The molecule has 0 aliphatic carbocycles. The number of carbonyl (C=O) groups is 3. The molecule has 3 fully saturated rings. The molecule has 3 amide bonds. The van der Waals surface area contributed by atoms with Gasteiger partial charge >= 0.3 is 0 Å². The summed E-state index contributed by atoms with van der Waals surface area (Å²) in [7, 11) is 0. The molecular formula is C36H57Br3N6O5S3. The highest BCUT2D eigenvalue weighted by Gasteiger charge is 2.29. The fourth-order valence-electron chi connectivity index (χ4n) is 6.07. The van der Waals surface area contributed by atoms with Crippen LogP contribution in [0.4, 0.5) is 0 Å². The Labute approximate surface area is 359 Å². The zero-order chi connectivity index (χ0) is 36.4. The van der Waals surface area contributed by atoms with E-state index in [-0.39, 0.29) is 80.9 Å². The van der Waals surface area contributed by atoms with Gasteiger partial charge in [-0.3, -0.25) is 14.4 Å². The number of aromatic nitrogens is 3. The maximum atomic E-state index is 12.3. The summed E-state index contributed by atoms with van der Waals surface area (Å²) >= 11 is 5.09. The van der Waals surface area contributed by atoms with Crippen LogP contribution in [-0.4, -0.2) is 97.1 Å². The van der Waals surface area contributed by atoms with E-state index in [2.05, 4.69) is 46.1 Å². The predicted octanol–water partition coefficient (Wildman–Crippen LogP) is -5.52. The second-order valence-corrected chi connectivity index (χ2v) is 16.6. The molecule has 3 aromatic heterocycles. The number of morpholine rings is 2. The van der Waals surface area contributed by atoms with Crippen LogP contribution in [-0.2, 0) is 43.5 Å². The van der Waals surface area contributed by atoms with Gasteiger partial charge in [-0.2, -0.15) is 13.7 Å². The first kappa shape index (κ1) is 49.7. The minimum absolute atomic E-state index is 0. The second-order valence-electron chi connectivity index (χ2n) is 13.5. The maximum absolute atomic E-state index is 12.3. The van der Waals surface area contributed by atoms with Crippen LogP contribution in [0.15, 0.2) is 16.5 Å². The molecule has 0 aromatic carbocycles. The molecule has 3 aliphatic heterocycles. The van der Waals surface area contributed by atoms with E-state index in [0.29, 0.717) is 45.9 Å². The lowest BCUT2D eigenvalue weighted by atomic mass is 10.1. The summed E-state index contributed by atoms with van der Waals surface area (Å²) in [4.78, 5) is 45.9. The first-order valence-electron chi connectivity index (χ1n) is 17.7. The van der Waals surface area contributed by atoms with Gasteiger partial charge in [-0.15, -0.1) is 0 Å². The molecule has 53 heavy (non-hydrogen) atoms. The SMILES string of the molecule is Cc1sc[n+](CC(=O)N2CC(C)OC(C)C2)c1C.Cc1sc[n+](CC(=O)N2CCCCC2)c1C.Cc1sc[n+](CC(=O)N2CCOCC2)c1C.[Br-].[Br-].[Br-]. The van der Waals surface area contributed by atoms with Gasteiger partial charge in [0.25, 0.3) is 17.7 Å². The number of aryl methyl sites for hydroxylation is 3. The van der Waals surface area contributed by atoms with Crippen molar-refractivity contribution < 1.29 is 88.5 Å². The van der Waals surface area contributed by atoms with Crippen LogP contribution in [0.3, 0.4) is 0 Å². The summed E-state index contributed by atoms with van der Waals surface area (Å²) in [6.07, 6.45) is 3.87. The zero-order valence-corrected chi connectivity index (χ0v) is 39.6. The number of piperidine rings is 1. The smallest absolute Gasteiger partial charge is 0.288 e. The number of nitrogens with zero attached hydrogens (tertiary/aromatic N) is 6. The topological polar surface area (TPSA) is 91.0 Å². The minimum atomic E-state index is 0. The molecule has 2 atom stereocenters. The average molecular weight is 990 g/mol. The average Bonchev–Trinajstić information content (AvgIpc) is 3.72. The monoisotopic (exact) mass is 986 g/mol. The van der Waals surface area contributed by atoms with E-state index < -0.39 is 0 Å².